The van der Waals surface area contributed by atoms with E-state index in [1.165, 1.54) is 16.0 Å². The maximum absolute atomic E-state index is 12.8. The van der Waals surface area contributed by atoms with E-state index < -0.39 is 0 Å². The molecule has 0 aliphatic carbocycles. The van der Waals surface area contributed by atoms with E-state index in [1.54, 1.807) is 18.3 Å². The molecule has 0 radical (unpaired) electrons. The van der Waals surface area contributed by atoms with E-state index in [-0.39, 0.29) is 24.6 Å². The second-order valence-electron chi connectivity index (χ2n) is 5.94. The van der Waals surface area contributed by atoms with E-state index >= 15 is 0 Å². The number of amides is 1. The third-order valence-corrected chi connectivity index (χ3v) is 5.01. The van der Waals surface area contributed by atoms with Crippen molar-refractivity contribution >= 4 is 28.0 Å². The minimum absolute atomic E-state index is 0.154. The number of rotatable bonds is 5. The SMILES string of the molecule is O=C(NCc1nn(Cc2ccccn2)c(=O)c2ccccc12)c1cccs1. The summed E-state index contributed by atoms with van der Waals surface area (Å²) in [6.07, 6.45) is 1.68. The zero-order valence-electron chi connectivity index (χ0n) is 14.3. The molecule has 0 unspecified atom stereocenters. The van der Waals surface area contributed by atoms with Crippen molar-refractivity contribution in [2.24, 2.45) is 0 Å². The highest BCUT2D eigenvalue weighted by molar-refractivity contribution is 7.12. The van der Waals surface area contributed by atoms with Crippen molar-refractivity contribution in [3.8, 4) is 0 Å². The summed E-state index contributed by atoms with van der Waals surface area (Å²) in [4.78, 5) is 30.0. The number of nitrogens with zero attached hydrogens (tertiary/aromatic N) is 3. The maximum Gasteiger partial charge on any atom is 0.275 e. The van der Waals surface area contributed by atoms with Crippen LogP contribution in [0.1, 0.15) is 21.1 Å². The molecule has 0 aliphatic rings. The molecule has 1 amide bonds. The van der Waals surface area contributed by atoms with Crippen LogP contribution in [0.3, 0.4) is 0 Å². The molecule has 0 atom stereocenters. The number of carbonyl (C=O) groups excluding carboxylic acids is 1. The number of benzene rings is 1. The average molecular weight is 376 g/mol. The summed E-state index contributed by atoms with van der Waals surface area (Å²) in [5, 5.41) is 10.6. The van der Waals surface area contributed by atoms with Gasteiger partial charge in [-0.1, -0.05) is 30.3 Å². The molecule has 1 aromatic carbocycles. The Kier molecular flexibility index (Phi) is 4.76. The topological polar surface area (TPSA) is 76.9 Å². The van der Waals surface area contributed by atoms with Crippen molar-refractivity contribution in [2.75, 3.05) is 0 Å². The molecule has 27 heavy (non-hydrogen) atoms. The Hall–Kier alpha value is -3.32. The van der Waals surface area contributed by atoms with Gasteiger partial charge in [-0.05, 0) is 29.6 Å². The molecule has 6 nitrogen and oxygen atoms in total. The summed E-state index contributed by atoms with van der Waals surface area (Å²) in [7, 11) is 0. The summed E-state index contributed by atoms with van der Waals surface area (Å²) in [6.45, 7) is 0.510. The van der Waals surface area contributed by atoms with Gasteiger partial charge in [0.25, 0.3) is 11.5 Å². The van der Waals surface area contributed by atoms with Crippen molar-refractivity contribution in [1.29, 1.82) is 0 Å². The summed E-state index contributed by atoms with van der Waals surface area (Å²) in [5.41, 5.74) is 1.21. The van der Waals surface area contributed by atoms with Gasteiger partial charge < -0.3 is 5.32 Å². The van der Waals surface area contributed by atoms with Crippen molar-refractivity contribution in [3.63, 3.8) is 0 Å². The van der Waals surface area contributed by atoms with Gasteiger partial charge in [0.05, 0.1) is 34.7 Å². The van der Waals surface area contributed by atoms with Crippen LogP contribution in [0.25, 0.3) is 10.8 Å². The first-order chi connectivity index (χ1) is 13.2. The van der Waals surface area contributed by atoms with Crippen LogP contribution in [0.15, 0.2) is 71.0 Å². The molecule has 3 aromatic heterocycles. The molecule has 3 heterocycles. The number of hydrogen-bond acceptors (Lipinski definition) is 5. The van der Waals surface area contributed by atoms with Gasteiger partial charge in [-0.2, -0.15) is 5.10 Å². The third kappa shape index (κ3) is 3.63. The molecule has 4 aromatic rings. The Morgan fingerprint density at radius 1 is 1.04 bits per heavy atom. The molecule has 7 heteroatoms. The number of fused-ring (bicyclic) bond motifs is 1. The average Bonchev–Trinajstić information content (AvgIpc) is 3.25. The quantitative estimate of drug-likeness (QED) is 0.581. The second kappa shape index (κ2) is 7.51. The maximum atomic E-state index is 12.8. The summed E-state index contributed by atoms with van der Waals surface area (Å²) in [5.74, 6) is -0.154. The minimum atomic E-state index is -0.176. The number of carbonyl (C=O) groups is 1. The summed E-state index contributed by atoms with van der Waals surface area (Å²) in [6, 6.07) is 16.5. The van der Waals surface area contributed by atoms with Crippen LogP contribution in [0, 0.1) is 0 Å². The molecule has 0 saturated carbocycles. The van der Waals surface area contributed by atoms with Gasteiger partial charge in [0.2, 0.25) is 0 Å². The number of aromatic nitrogens is 3. The Morgan fingerprint density at radius 2 is 1.85 bits per heavy atom. The monoisotopic (exact) mass is 376 g/mol. The van der Waals surface area contributed by atoms with E-state index in [0.717, 1.165) is 11.1 Å². The second-order valence-corrected chi connectivity index (χ2v) is 6.88. The molecular weight excluding hydrogens is 360 g/mol. The van der Waals surface area contributed by atoms with E-state index in [1.807, 2.05) is 47.8 Å². The van der Waals surface area contributed by atoms with Crippen LogP contribution in [-0.4, -0.2) is 20.7 Å². The van der Waals surface area contributed by atoms with Gasteiger partial charge in [-0.3, -0.25) is 14.6 Å². The van der Waals surface area contributed by atoms with Crippen LogP contribution in [0.2, 0.25) is 0 Å². The standard InChI is InChI=1S/C20H16N4O2S/c25-19(18-9-5-11-27-18)22-12-17-15-7-1-2-8-16(15)20(26)24(23-17)13-14-6-3-4-10-21-14/h1-11H,12-13H2,(H,22,25). The number of hydrogen-bond donors (Lipinski definition) is 1. The lowest BCUT2D eigenvalue weighted by Crippen LogP contribution is -2.28. The zero-order chi connectivity index (χ0) is 18.6. The highest BCUT2D eigenvalue weighted by atomic mass is 32.1. The van der Waals surface area contributed by atoms with Gasteiger partial charge in [0.1, 0.15) is 0 Å². The lowest BCUT2D eigenvalue weighted by Gasteiger charge is -2.11. The van der Waals surface area contributed by atoms with Gasteiger partial charge >= 0.3 is 0 Å². The van der Waals surface area contributed by atoms with Crippen LogP contribution in [-0.2, 0) is 13.1 Å². The molecule has 0 aliphatic heterocycles. The van der Waals surface area contributed by atoms with E-state index in [0.29, 0.717) is 16.0 Å². The first-order valence-corrected chi connectivity index (χ1v) is 9.31. The van der Waals surface area contributed by atoms with Gasteiger partial charge in [0, 0.05) is 11.6 Å². The largest absolute Gasteiger partial charge is 0.346 e. The first-order valence-electron chi connectivity index (χ1n) is 8.43. The molecule has 0 spiro atoms. The predicted molar refractivity (Wildman–Crippen MR) is 105 cm³/mol. The Labute approximate surface area is 159 Å². The Bertz CT molecular complexity index is 1140. The number of thiophene rings is 1. The fourth-order valence-corrected chi connectivity index (χ4v) is 3.49. The minimum Gasteiger partial charge on any atom is -0.346 e. The van der Waals surface area contributed by atoms with Gasteiger partial charge in [-0.15, -0.1) is 11.3 Å². The van der Waals surface area contributed by atoms with Crippen molar-refractivity contribution in [1.82, 2.24) is 20.1 Å². The summed E-state index contributed by atoms with van der Waals surface area (Å²) < 4.78 is 1.40. The normalized spacial score (nSPS) is 10.8. The number of nitrogens with one attached hydrogen (secondary N) is 1. The molecule has 0 saturated heterocycles. The lowest BCUT2D eigenvalue weighted by atomic mass is 10.1. The molecule has 4 rings (SSSR count). The fraction of sp³-hybridized carbons (Fsp3) is 0.100. The highest BCUT2D eigenvalue weighted by Gasteiger charge is 2.13. The van der Waals surface area contributed by atoms with Crippen LogP contribution in [0.5, 0.6) is 0 Å². The van der Waals surface area contributed by atoms with Crippen molar-refractivity contribution in [2.45, 2.75) is 13.1 Å². The highest BCUT2D eigenvalue weighted by Crippen LogP contribution is 2.14. The fourth-order valence-electron chi connectivity index (χ4n) is 2.85. The summed E-state index contributed by atoms with van der Waals surface area (Å²) >= 11 is 1.38. The van der Waals surface area contributed by atoms with E-state index in [4.69, 9.17) is 0 Å². The Balaban J connectivity index is 1.69. The van der Waals surface area contributed by atoms with Crippen molar-refractivity contribution < 1.29 is 4.79 Å². The molecule has 0 bridgehead atoms. The molecule has 134 valence electrons. The third-order valence-electron chi connectivity index (χ3n) is 4.14. The smallest absolute Gasteiger partial charge is 0.275 e. The Morgan fingerprint density at radius 3 is 2.59 bits per heavy atom. The van der Waals surface area contributed by atoms with Crippen LogP contribution < -0.4 is 10.9 Å². The van der Waals surface area contributed by atoms with E-state index in [9.17, 15) is 9.59 Å². The van der Waals surface area contributed by atoms with Crippen molar-refractivity contribution in [3.05, 3.63) is 92.8 Å². The predicted octanol–water partition coefficient (Wildman–Crippen LogP) is 2.83. The lowest BCUT2D eigenvalue weighted by molar-refractivity contribution is 0.0954. The molecule has 1 N–H and O–H groups in total. The van der Waals surface area contributed by atoms with Gasteiger partial charge in [0.15, 0.2) is 0 Å². The van der Waals surface area contributed by atoms with E-state index in [2.05, 4.69) is 15.4 Å². The van der Waals surface area contributed by atoms with Crippen LogP contribution >= 0.6 is 11.3 Å². The first kappa shape index (κ1) is 17.1. The molecule has 0 fully saturated rings. The number of pyridine rings is 1. The molecular formula is C20H16N4O2S. The zero-order valence-corrected chi connectivity index (χ0v) is 15.1. The van der Waals surface area contributed by atoms with Crippen LogP contribution in [0.4, 0.5) is 0 Å². The van der Waals surface area contributed by atoms with Gasteiger partial charge in [-0.25, -0.2) is 4.68 Å².